The Morgan fingerprint density at radius 2 is 0.657 bits per heavy atom. The molecule has 0 fully saturated rings. The van der Waals surface area contributed by atoms with E-state index in [1.54, 1.807) is 78.0 Å². The van der Waals surface area contributed by atoms with Crippen molar-refractivity contribution < 1.29 is 53.7 Å². The topological polar surface area (TPSA) is 210 Å². The van der Waals surface area contributed by atoms with Gasteiger partial charge in [0.2, 0.25) is 0 Å². The second-order valence-electron chi connectivity index (χ2n) is 19.3. The summed E-state index contributed by atoms with van der Waals surface area (Å²) in [6.45, 7) is 11.0. The Morgan fingerprint density at radius 1 is 0.429 bits per heavy atom. The van der Waals surface area contributed by atoms with Gasteiger partial charge in [0.1, 0.15) is 53.1 Å². The fraction of sp³-hybridized carbons (Fsp3) is 0.625. The van der Waals surface area contributed by atoms with Gasteiger partial charge in [-0.15, -0.1) is 0 Å². The van der Waals surface area contributed by atoms with Crippen LogP contribution in [0.25, 0.3) is 0 Å². The van der Waals surface area contributed by atoms with Gasteiger partial charge in [-0.25, -0.2) is 0 Å². The SMILES string of the molecule is CC1(C)CC(NCCOCCN(CCOCCNC2=C(C(F)(F)F)C(=C(C#N)C#N)CC(C)(C)C2)CCOCCNC2=C(C(F)(F)F)C(=C(C#N)C#N)CC(C)(C)C2)=C(C(F)(F)F)C(=C(C#N)C#N)C1. The van der Waals surface area contributed by atoms with E-state index < -0.39 is 68.2 Å². The molecule has 0 radical (unpaired) electrons. The lowest BCUT2D eigenvalue weighted by Crippen LogP contribution is -2.36. The second kappa shape index (κ2) is 24.7. The molecule has 13 nitrogen and oxygen atoms in total. The number of hydrogen-bond donors (Lipinski definition) is 3. The van der Waals surface area contributed by atoms with E-state index in [-0.39, 0.29) is 151 Å². The zero-order valence-corrected chi connectivity index (χ0v) is 40.0. The summed E-state index contributed by atoms with van der Waals surface area (Å²) in [6.07, 6.45) is -14.9. The van der Waals surface area contributed by atoms with Crippen molar-refractivity contribution in [2.24, 2.45) is 16.2 Å². The minimum absolute atomic E-state index is 0.00470. The van der Waals surface area contributed by atoms with Crippen LogP contribution in [0.5, 0.6) is 0 Å². The zero-order valence-electron chi connectivity index (χ0n) is 40.0. The molecule has 0 spiro atoms. The largest absolute Gasteiger partial charge is 0.418 e. The van der Waals surface area contributed by atoms with Crippen LogP contribution in [0.4, 0.5) is 39.5 Å². The molecule has 22 heteroatoms. The molecule has 0 aromatic heterocycles. The molecule has 3 rings (SSSR count). The van der Waals surface area contributed by atoms with Crippen LogP contribution >= 0.6 is 0 Å². The van der Waals surface area contributed by atoms with E-state index in [0.29, 0.717) is 0 Å². The normalized spacial score (nSPS) is 18.0. The Morgan fingerprint density at radius 3 is 0.857 bits per heavy atom. The molecule has 70 heavy (non-hydrogen) atoms. The number of nitrogens with zero attached hydrogens (tertiary/aromatic N) is 7. The maximum absolute atomic E-state index is 14.3. The Labute approximate surface area is 402 Å². The average Bonchev–Trinajstić information content (AvgIpc) is 3.22. The van der Waals surface area contributed by atoms with Crippen molar-refractivity contribution in [2.75, 3.05) is 78.9 Å². The number of ether oxygens (including phenoxy) is 3. The van der Waals surface area contributed by atoms with E-state index in [0.717, 1.165) is 0 Å². The highest BCUT2D eigenvalue weighted by Gasteiger charge is 2.48. The van der Waals surface area contributed by atoms with Gasteiger partial charge >= 0.3 is 18.5 Å². The highest BCUT2D eigenvalue weighted by atomic mass is 19.4. The van der Waals surface area contributed by atoms with Gasteiger partial charge in [-0.2, -0.15) is 71.1 Å². The van der Waals surface area contributed by atoms with Gasteiger partial charge in [0, 0.05) is 56.4 Å². The molecule has 0 heterocycles. The van der Waals surface area contributed by atoms with Crippen LogP contribution in [0.15, 0.2) is 67.2 Å². The number of alkyl halides is 9. The van der Waals surface area contributed by atoms with E-state index in [1.165, 1.54) is 0 Å². The summed E-state index contributed by atoms with van der Waals surface area (Å²) in [7, 11) is 0. The molecule has 0 aromatic rings. The van der Waals surface area contributed by atoms with Crippen molar-refractivity contribution in [3.63, 3.8) is 0 Å². The summed E-state index contributed by atoms with van der Waals surface area (Å²) >= 11 is 0. The van der Waals surface area contributed by atoms with Crippen LogP contribution in [-0.2, 0) is 14.2 Å². The minimum atomic E-state index is -4.85. The third-order valence-electron chi connectivity index (χ3n) is 11.6. The fourth-order valence-electron chi connectivity index (χ4n) is 8.78. The van der Waals surface area contributed by atoms with E-state index in [2.05, 4.69) is 16.0 Å². The first kappa shape index (κ1) is 58.3. The first-order chi connectivity index (χ1) is 32.6. The number of nitrogens with one attached hydrogen (secondary N) is 3. The molecule has 0 bridgehead atoms. The summed E-state index contributed by atoms with van der Waals surface area (Å²) in [5, 5.41) is 64.8. The zero-order chi connectivity index (χ0) is 52.7. The molecule has 0 aliphatic heterocycles. The van der Waals surface area contributed by atoms with E-state index in [9.17, 15) is 71.1 Å². The molecule has 0 saturated carbocycles. The average molecular weight is 993 g/mol. The van der Waals surface area contributed by atoms with Crippen molar-refractivity contribution in [2.45, 2.75) is 98.6 Å². The Kier molecular flexibility index (Phi) is 20.6. The number of allylic oxidation sites excluding steroid dienone is 12. The minimum Gasteiger partial charge on any atom is -0.386 e. The summed E-state index contributed by atoms with van der Waals surface area (Å²) in [4.78, 5) is 1.84. The molecule has 0 saturated heterocycles. The number of hydrogen-bond acceptors (Lipinski definition) is 13. The summed E-state index contributed by atoms with van der Waals surface area (Å²) in [5.41, 5.74) is -8.73. The van der Waals surface area contributed by atoms with Crippen LogP contribution in [0, 0.1) is 84.2 Å². The van der Waals surface area contributed by atoms with E-state index in [1.807, 2.05) is 4.90 Å². The summed E-state index contributed by atoms with van der Waals surface area (Å²) in [6, 6.07) is 9.44. The quantitative estimate of drug-likeness (QED) is 0.0558. The highest BCUT2D eigenvalue weighted by molar-refractivity contribution is 5.56. The van der Waals surface area contributed by atoms with E-state index in [4.69, 9.17) is 14.2 Å². The number of rotatable bonds is 21. The van der Waals surface area contributed by atoms with Gasteiger partial charge in [-0.1, -0.05) is 41.5 Å². The highest BCUT2D eigenvalue weighted by Crippen LogP contribution is 2.50. The third kappa shape index (κ3) is 16.8. The van der Waals surface area contributed by atoms with Crippen molar-refractivity contribution in [3.05, 3.63) is 67.2 Å². The number of halogens is 9. The van der Waals surface area contributed by atoms with Gasteiger partial charge in [0.15, 0.2) is 0 Å². The molecule has 3 aliphatic rings. The third-order valence-corrected chi connectivity index (χ3v) is 11.6. The Bertz CT molecular complexity index is 2070. The van der Waals surface area contributed by atoms with Gasteiger partial charge in [0.05, 0.1) is 56.4 Å². The van der Waals surface area contributed by atoms with Gasteiger partial charge in [-0.3, -0.25) is 4.90 Å². The van der Waals surface area contributed by atoms with Crippen LogP contribution < -0.4 is 16.0 Å². The monoisotopic (exact) mass is 992 g/mol. The lowest BCUT2D eigenvalue weighted by atomic mass is 9.72. The van der Waals surface area contributed by atoms with Gasteiger partial charge < -0.3 is 30.2 Å². The first-order valence-electron chi connectivity index (χ1n) is 22.3. The van der Waals surface area contributed by atoms with E-state index >= 15 is 0 Å². The lowest BCUT2D eigenvalue weighted by Gasteiger charge is -2.36. The standard InChI is InChI=1S/C48H57F9N10O3/c1-43(2)19-34(31(25-58)26-59)40(46(49,50)51)37(22-43)64-7-13-68-16-10-67(11-17-69-14-8-65-38-23-44(3,4)20-35(32(27-60)28-61)41(38)47(52,53)54)12-18-70-15-9-66-39-24-45(5,6)21-36(33(29-62)30-63)42(39)48(55,56)57/h64-66H,7-24H2,1-6H3. The van der Waals surface area contributed by atoms with Crippen molar-refractivity contribution in [1.82, 2.24) is 20.9 Å². The molecular formula is C48H57F9N10O3. The van der Waals surface area contributed by atoms with Crippen LogP contribution in [0.1, 0.15) is 80.1 Å². The van der Waals surface area contributed by atoms with Crippen molar-refractivity contribution >= 4 is 0 Å². The lowest BCUT2D eigenvalue weighted by molar-refractivity contribution is -0.0933. The predicted octanol–water partition coefficient (Wildman–Crippen LogP) is 9.05. The predicted molar refractivity (Wildman–Crippen MR) is 236 cm³/mol. The van der Waals surface area contributed by atoms with Crippen LogP contribution in [-0.4, -0.2) is 102 Å². The molecule has 0 aromatic carbocycles. The summed E-state index contributed by atoms with van der Waals surface area (Å²) in [5.74, 6) is 0. The maximum atomic E-state index is 14.3. The smallest absolute Gasteiger partial charge is 0.386 e. The molecule has 3 aliphatic carbocycles. The maximum Gasteiger partial charge on any atom is 0.418 e. The van der Waals surface area contributed by atoms with Crippen molar-refractivity contribution in [1.29, 1.82) is 31.6 Å². The molecule has 380 valence electrons. The first-order valence-corrected chi connectivity index (χ1v) is 22.3. The molecular weight excluding hydrogens is 936 g/mol. The Hall–Kier alpha value is -6.01. The molecule has 0 atom stereocenters. The molecule has 0 unspecified atom stereocenters. The number of nitriles is 6. The van der Waals surface area contributed by atoms with Crippen LogP contribution in [0.3, 0.4) is 0 Å². The second-order valence-corrected chi connectivity index (χ2v) is 19.3. The Balaban J connectivity index is 1.69. The van der Waals surface area contributed by atoms with Gasteiger partial charge in [0.25, 0.3) is 0 Å². The van der Waals surface area contributed by atoms with Crippen molar-refractivity contribution in [3.8, 4) is 36.4 Å². The van der Waals surface area contributed by atoms with Crippen LogP contribution in [0.2, 0.25) is 0 Å². The molecule has 3 N–H and O–H groups in total. The van der Waals surface area contributed by atoms with Gasteiger partial charge in [-0.05, 0) is 71.5 Å². The fourth-order valence-corrected chi connectivity index (χ4v) is 8.78. The summed E-state index contributed by atoms with van der Waals surface area (Å²) < 4.78 is 146. The molecule has 0 amide bonds.